The van der Waals surface area contributed by atoms with Gasteiger partial charge in [-0.15, -0.1) is 10.2 Å². The van der Waals surface area contributed by atoms with E-state index in [9.17, 15) is 4.79 Å². The zero-order valence-corrected chi connectivity index (χ0v) is 22.6. The zero-order chi connectivity index (χ0) is 22.5. The fourth-order valence-electron chi connectivity index (χ4n) is 2.84. The highest BCUT2D eigenvalue weighted by atomic mass is 127. The van der Waals surface area contributed by atoms with Crippen LogP contribution in [-0.4, -0.2) is 26.8 Å². The van der Waals surface area contributed by atoms with Crippen molar-refractivity contribution in [3.05, 3.63) is 85.3 Å². The SMILES string of the molecule is O=C(CSc1nnc(-c2ccc(Br)cc2)c(-c2ccc(Br)cc2)n1)Nc1ccc(I)cc1. The minimum atomic E-state index is -0.123. The first kappa shape index (κ1) is 23.3. The Morgan fingerprint density at radius 3 is 1.97 bits per heavy atom. The molecular weight excluding hydrogens is 667 g/mol. The molecule has 4 rings (SSSR count). The summed E-state index contributed by atoms with van der Waals surface area (Å²) < 4.78 is 3.08. The highest BCUT2D eigenvalue weighted by Crippen LogP contribution is 2.31. The number of amides is 1. The standard InChI is InChI=1S/C23H15Br2IN4OS/c24-16-5-1-14(2-6-16)21-22(15-3-7-17(25)8-4-15)29-30-23(28-21)32-13-20(31)27-19-11-9-18(26)10-12-19/h1-12H,13H2,(H,27,31). The first-order chi connectivity index (χ1) is 15.5. The maximum Gasteiger partial charge on any atom is 0.234 e. The van der Waals surface area contributed by atoms with Crippen LogP contribution in [-0.2, 0) is 4.79 Å². The summed E-state index contributed by atoms with van der Waals surface area (Å²) in [6, 6.07) is 23.4. The molecule has 1 aromatic heterocycles. The molecule has 0 atom stereocenters. The fourth-order valence-corrected chi connectivity index (χ4v) is 4.32. The molecule has 160 valence electrons. The van der Waals surface area contributed by atoms with Crippen LogP contribution in [0.1, 0.15) is 0 Å². The predicted octanol–water partition coefficient (Wildman–Crippen LogP) is 7.07. The van der Waals surface area contributed by atoms with Gasteiger partial charge in [-0.3, -0.25) is 4.79 Å². The summed E-state index contributed by atoms with van der Waals surface area (Å²) in [6.45, 7) is 0. The minimum Gasteiger partial charge on any atom is -0.325 e. The molecule has 0 saturated heterocycles. The maximum absolute atomic E-state index is 12.4. The molecule has 0 spiro atoms. The summed E-state index contributed by atoms with van der Waals surface area (Å²) in [4.78, 5) is 17.1. The van der Waals surface area contributed by atoms with Crippen LogP contribution in [0.2, 0.25) is 0 Å². The normalized spacial score (nSPS) is 10.7. The number of carbonyl (C=O) groups excluding carboxylic acids is 1. The largest absolute Gasteiger partial charge is 0.325 e. The quantitative estimate of drug-likeness (QED) is 0.174. The topological polar surface area (TPSA) is 67.8 Å². The molecule has 4 aromatic rings. The molecule has 0 aliphatic rings. The van der Waals surface area contributed by atoms with Crippen molar-refractivity contribution < 1.29 is 4.79 Å². The van der Waals surface area contributed by atoms with E-state index in [0.29, 0.717) is 10.9 Å². The number of anilines is 1. The van der Waals surface area contributed by atoms with Crippen LogP contribution in [0.4, 0.5) is 5.69 Å². The van der Waals surface area contributed by atoms with Crippen LogP contribution >= 0.6 is 66.2 Å². The Morgan fingerprint density at radius 1 is 0.812 bits per heavy atom. The summed E-state index contributed by atoms with van der Waals surface area (Å²) in [5.74, 6) is 0.0624. The van der Waals surface area contributed by atoms with Crippen LogP contribution in [0.5, 0.6) is 0 Å². The van der Waals surface area contributed by atoms with Gasteiger partial charge in [-0.1, -0.05) is 67.9 Å². The highest BCUT2D eigenvalue weighted by molar-refractivity contribution is 14.1. The van der Waals surface area contributed by atoms with Crippen LogP contribution in [0.25, 0.3) is 22.5 Å². The molecule has 1 amide bonds. The van der Waals surface area contributed by atoms with E-state index in [1.807, 2.05) is 72.8 Å². The van der Waals surface area contributed by atoms with Gasteiger partial charge in [0.05, 0.1) is 5.75 Å². The number of carbonyl (C=O) groups is 1. The Balaban J connectivity index is 1.57. The molecule has 0 aliphatic carbocycles. The van der Waals surface area contributed by atoms with E-state index in [-0.39, 0.29) is 11.7 Å². The number of rotatable bonds is 6. The summed E-state index contributed by atoms with van der Waals surface area (Å²) >= 11 is 10.4. The summed E-state index contributed by atoms with van der Waals surface area (Å²) in [7, 11) is 0. The number of nitrogens with one attached hydrogen (secondary N) is 1. The molecule has 0 unspecified atom stereocenters. The van der Waals surface area contributed by atoms with Crippen LogP contribution in [0, 0.1) is 3.57 Å². The molecule has 0 bridgehead atoms. The average molecular weight is 682 g/mol. The second-order valence-electron chi connectivity index (χ2n) is 6.65. The molecule has 32 heavy (non-hydrogen) atoms. The van der Waals surface area contributed by atoms with Crippen molar-refractivity contribution in [1.82, 2.24) is 15.2 Å². The van der Waals surface area contributed by atoms with E-state index in [1.54, 1.807) is 0 Å². The minimum absolute atomic E-state index is 0.123. The third-order valence-corrected chi connectivity index (χ3v) is 6.98. The zero-order valence-electron chi connectivity index (χ0n) is 16.4. The summed E-state index contributed by atoms with van der Waals surface area (Å²) in [6.07, 6.45) is 0. The van der Waals surface area contributed by atoms with Gasteiger partial charge in [0.1, 0.15) is 11.4 Å². The Hall–Kier alpha value is -1.82. The first-order valence-electron chi connectivity index (χ1n) is 9.43. The van der Waals surface area contributed by atoms with Gasteiger partial charge < -0.3 is 5.32 Å². The summed E-state index contributed by atoms with van der Waals surface area (Å²) in [5.41, 5.74) is 4.00. The molecule has 1 N–H and O–H groups in total. The summed E-state index contributed by atoms with van der Waals surface area (Å²) in [5, 5.41) is 12.1. The Morgan fingerprint density at radius 2 is 1.38 bits per heavy atom. The van der Waals surface area contributed by atoms with Gasteiger partial charge in [0.15, 0.2) is 0 Å². The van der Waals surface area contributed by atoms with Crippen molar-refractivity contribution in [2.24, 2.45) is 0 Å². The van der Waals surface area contributed by atoms with Gasteiger partial charge >= 0.3 is 0 Å². The first-order valence-corrected chi connectivity index (χ1v) is 13.1. The number of aromatic nitrogens is 3. The van der Waals surface area contributed by atoms with Crippen molar-refractivity contribution in [2.75, 3.05) is 11.1 Å². The van der Waals surface area contributed by atoms with Crippen LogP contribution in [0.3, 0.4) is 0 Å². The number of hydrogen-bond donors (Lipinski definition) is 1. The maximum atomic E-state index is 12.4. The highest BCUT2D eigenvalue weighted by Gasteiger charge is 2.15. The van der Waals surface area contributed by atoms with Gasteiger partial charge in [0.25, 0.3) is 0 Å². The molecule has 3 aromatic carbocycles. The van der Waals surface area contributed by atoms with Crippen molar-refractivity contribution >= 4 is 77.8 Å². The van der Waals surface area contributed by atoms with Gasteiger partial charge in [-0.2, -0.15) is 0 Å². The van der Waals surface area contributed by atoms with E-state index in [1.165, 1.54) is 11.8 Å². The monoisotopic (exact) mass is 680 g/mol. The van der Waals surface area contributed by atoms with Crippen LogP contribution < -0.4 is 5.32 Å². The molecule has 0 radical (unpaired) electrons. The lowest BCUT2D eigenvalue weighted by Gasteiger charge is -2.10. The van der Waals surface area contributed by atoms with Crippen molar-refractivity contribution in [2.45, 2.75) is 5.16 Å². The number of thioether (sulfide) groups is 1. The third-order valence-electron chi connectivity index (χ3n) is 4.36. The van der Waals surface area contributed by atoms with Crippen molar-refractivity contribution in [1.29, 1.82) is 0 Å². The molecule has 9 heteroatoms. The number of halogens is 3. The van der Waals surface area contributed by atoms with E-state index in [4.69, 9.17) is 4.98 Å². The number of nitrogens with zero attached hydrogens (tertiary/aromatic N) is 3. The molecule has 0 aliphatic heterocycles. The molecule has 0 fully saturated rings. The lowest BCUT2D eigenvalue weighted by molar-refractivity contribution is -0.113. The van der Waals surface area contributed by atoms with E-state index >= 15 is 0 Å². The van der Waals surface area contributed by atoms with Gasteiger partial charge in [-0.05, 0) is 71.1 Å². The Kier molecular flexibility index (Phi) is 7.93. The van der Waals surface area contributed by atoms with Gasteiger partial charge in [0.2, 0.25) is 11.1 Å². The lowest BCUT2D eigenvalue weighted by atomic mass is 10.0. The molecular formula is C23H15Br2IN4OS. The molecule has 5 nitrogen and oxygen atoms in total. The number of benzene rings is 3. The Labute approximate surface area is 220 Å². The van der Waals surface area contributed by atoms with Crippen LogP contribution in [0.15, 0.2) is 86.9 Å². The predicted molar refractivity (Wildman–Crippen MR) is 145 cm³/mol. The van der Waals surface area contributed by atoms with Gasteiger partial charge in [-0.25, -0.2) is 4.98 Å². The van der Waals surface area contributed by atoms with E-state index in [2.05, 4.69) is 70.0 Å². The van der Waals surface area contributed by atoms with Crippen molar-refractivity contribution in [3.8, 4) is 22.5 Å². The molecule has 0 saturated carbocycles. The van der Waals surface area contributed by atoms with E-state index in [0.717, 1.165) is 35.0 Å². The smallest absolute Gasteiger partial charge is 0.234 e. The van der Waals surface area contributed by atoms with Gasteiger partial charge in [0, 0.05) is 29.3 Å². The third kappa shape index (κ3) is 6.15. The van der Waals surface area contributed by atoms with E-state index < -0.39 is 0 Å². The Bertz CT molecular complexity index is 1240. The molecule has 1 heterocycles. The van der Waals surface area contributed by atoms with Crippen molar-refractivity contribution in [3.63, 3.8) is 0 Å². The lowest BCUT2D eigenvalue weighted by Crippen LogP contribution is -2.14. The number of hydrogen-bond acceptors (Lipinski definition) is 5. The fraction of sp³-hybridized carbons (Fsp3) is 0.0435. The average Bonchev–Trinajstić information content (AvgIpc) is 2.80. The second kappa shape index (κ2) is 10.9. The second-order valence-corrected chi connectivity index (χ2v) is 10.7.